The summed E-state index contributed by atoms with van der Waals surface area (Å²) in [7, 11) is 1.53. The fourth-order valence-corrected chi connectivity index (χ4v) is 3.46. The Kier molecular flexibility index (Phi) is 4.76. The molecule has 0 saturated carbocycles. The maximum Gasteiger partial charge on any atom is 0.156 e. The number of hydrogen-bond acceptors (Lipinski definition) is 2. The van der Waals surface area contributed by atoms with Gasteiger partial charge in [0.15, 0.2) is 5.75 Å². The van der Waals surface area contributed by atoms with Crippen molar-refractivity contribution in [2.75, 3.05) is 7.11 Å². The Balaban J connectivity index is 2.10. The SMILES string of the molecule is COc1c(Cl)cc(C(C)(C)c2nccn2-c2ccc(F)cc2)cc1Cl. The number of methoxy groups -OCH3 is 1. The molecule has 6 heteroatoms. The van der Waals surface area contributed by atoms with Crippen LogP contribution in [0.15, 0.2) is 48.8 Å². The van der Waals surface area contributed by atoms with Gasteiger partial charge in [-0.2, -0.15) is 0 Å². The number of rotatable bonds is 4. The van der Waals surface area contributed by atoms with E-state index >= 15 is 0 Å². The first-order valence-electron chi connectivity index (χ1n) is 7.68. The predicted molar refractivity (Wildman–Crippen MR) is 98.7 cm³/mol. The zero-order valence-electron chi connectivity index (χ0n) is 14.1. The summed E-state index contributed by atoms with van der Waals surface area (Å²) in [5.41, 5.74) is 1.24. The van der Waals surface area contributed by atoms with Crippen LogP contribution in [0.1, 0.15) is 25.2 Å². The number of ether oxygens (including phenoxy) is 1. The second kappa shape index (κ2) is 6.70. The van der Waals surface area contributed by atoms with Crippen molar-refractivity contribution in [3.63, 3.8) is 0 Å². The molecule has 3 nitrogen and oxygen atoms in total. The standard InChI is InChI=1S/C19H17Cl2FN2O/c1-19(2,12-10-15(20)17(25-3)16(21)11-12)18-23-8-9-24(18)14-6-4-13(22)5-7-14/h4-11H,1-3H3. The minimum atomic E-state index is -0.489. The average molecular weight is 379 g/mol. The molecule has 0 spiro atoms. The van der Waals surface area contributed by atoms with Gasteiger partial charge in [-0.05, 0) is 55.8 Å². The number of halogens is 3. The van der Waals surface area contributed by atoms with Crippen LogP contribution in [0.2, 0.25) is 10.0 Å². The molecule has 0 aliphatic heterocycles. The van der Waals surface area contributed by atoms with Crippen LogP contribution in [0.5, 0.6) is 5.75 Å². The van der Waals surface area contributed by atoms with Gasteiger partial charge in [0.2, 0.25) is 0 Å². The van der Waals surface area contributed by atoms with Gasteiger partial charge in [-0.1, -0.05) is 23.2 Å². The summed E-state index contributed by atoms with van der Waals surface area (Å²) in [5, 5.41) is 0.885. The van der Waals surface area contributed by atoms with Crippen LogP contribution >= 0.6 is 23.2 Å². The molecule has 0 saturated heterocycles. The molecule has 130 valence electrons. The van der Waals surface area contributed by atoms with Crippen LogP contribution in [0.3, 0.4) is 0 Å². The molecule has 1 aromatic heterocycles. The van der Waals surface area contributed by atoms with Gasteiger partial charge in [-0.15, -0.1) is 0 Å². The lowest BCUT2D eigenvalue weighted by Gasteiger charge is -2.27. The van der Waals surface area contributed by atoms with E-state index in [2.05, 4.69) is 4.98 Å². The Bertz CT molecular complexity index is 881. The third kappa shape index (κ3) is 3.24. The van der Waals surface area contributed by atoms with Crippen LogP contribution in [0.25, 0.3) is 5.69 Å². The molecule has 0 bridgehead atoms. The minimum absolute atomic E-state index is 0.279. The molecular formula is C19H17Cl2FN2O. The van der Waals surface area contributed by atoms with Crippen LogP contribution in [0.4, 0.5) is 4.39 Å². The zero-order valence-corrected chi connectivity index (χ0v) is 15.6. The third-order valence-electron chi connectivity index (χ3n) is 4.23. The van der Waals surface area contributed by atoms with E-state index in [1.807, 2.05) is 36.7 Å². The first-order chi connectivity index (χ1) is 11.8. The van der Waals surface area contributed by atoms with Crippen LogP contribution in [0, 0.1) is 5.82 Å². The molecule has 25 heavy (non-hydrogen) atoms. The van der Waals surface area contributed by atoms with Crippen molar-refractivity contribution >= 4 is 23.2 Å². The van der Waals surface area contributed by atoms with Gasteiger partial charge in [0, 0.05) is 23.5 Å². The number of imidazole rings is 1. The van der Waals surface area contributed by atoms with Crippen molar-refractivity contribution in [1.29, 1.82) is 0 Å². The summed E-state index contributed by atoms with van der Waals surface area (Å²) in [6.45, 7) is 4.06. The monoisotopic (exact) mass is 378 g/mol. The molecule has 0 N–H and O–H groups in total. The van der Waals surface area contributed by atoms with E-state index in [1.54, 1.807) is 18.3 Å². The number of nitrogens with zero attached hydrogens (tertiary/aromatic N) is 2. The van der Waals surface area contributed by atoms with Crippen molar-refractivity contribution in [1.82, 2.24) is 9.55 Å². The summed E-state index contributed by atoms with van der Waals surface area (Å²) >= 11 is 12.6. The maximum atomic E-state index is 13.2. The number of aromatic nitrogens is 2. The lowest BCUT2D eigenvalue weighted by molar-refractivity contribution is 0.414. The van der Waals surface area contributed by atoms with Gasteiger partial charge in [0.25, 0.3) is 0 Å². The van der Waals surface area contributed by atoms with Crippen LogP contribution in [-0.2, 0) is 5.41 Å². The lowest BCUT2D eigenvalue weighted by Crippen LogP contribution is -2.24. The highest BCUT2D eigenvalue weighted by atomic mass is 35.5. The van der Waals surface area contributed by atoms with E-state index in [9.17, 15) is 4.39 Å². The maximum absolute atomic E-state index is 13.2. The smallest absolute Gasteiger partial charge is 0.156 e. The molecule has 3 aromatic rings. The summed E-state index contributed by atoms with van der Waals surface area (Å²) < 4.78 is 20.4. The third-order valence-corrected chi connectivity index (χ3v) is 4.79. The summed E-state index contributed by atoms with van der Waals surface area (Å²) in [4.78, 5) is 4.52. The van der Waals surface area contributed by atoms with Crippen LogP contribution in [-0.4, -0.2) is 16.7 Å². The Morgan fingerprint density at radius 3 is 2.24 bits per heavy atom. The fraction of sp³-hybridized carbons (Fsp3) is 0.211. The molecule has 0 aliphatic rings. The first kappa shape index (κ1) is 17.8. The van der Waals surface area contributed by atoms with E-state index < -0.39 is 5.41 Å². The summed E-state index contributed by atoms with van der Waals surface area (Å²) in [6.07, 6.45) is 3.56. The largest absolute Gasteiger partial charge is 0.494 e. The highest BCUT2D eigenvalue weighted by Crippen LogP contribution is 2.40. The van der Waals surface area contributed by atoms with Crippen LogP contribution < -0.4 is 4.74 Å². The molecule has 0 atom stereocenters. The fourth-order valence-electron chi connectivity index (χ4n) is 2.82. The van der Waals surface area contributed by atoms with E-state index in [0.717, 1.165) is 17.1 Å². The van der Waals surface area contributed by atoms with Gasteiger partial charge >= 0.3 is 0 Å². The Labute approximate surface area is 156 Å². The molecule has 0 unspecified atom stereocenters. The quantitative estimate of drug-likeness (QED) is 0.586. The molecule has 1 heterocycles. The molecule has 0 radical (unpaired) electrons. The van der Waals surface area contributed by atoms with E-state index in [1.165, 1.54) is 19.2 Å². The molecule has 2 aromatic carbocycles. The van der Waals surface area contributed by atoms with Crippen molar-refractivity contribution in [3.8, 4) is 11.4 Å². The molecule has 0 amide bonds. The van der Waals surface area contributed by atoms with Crippen molar-refractivity contribution < 1.29 is 9.13 Å². The highest BCUT2D eigenvalue weighted by Gasteiger charge is 2.30. The van der Waals surface area contributed by atoms with Crippen molar-refractivity contribution in [2.24, 2.45) is 0 Å². The minimum Gasteiger partial charge on any atom is -0.494 e. The van der Waals surface area contributed by atoms with Gasteiger partial charge in [-0.3, -0.25) is 0 Å². The summed E-state index contributed by atoms with van der Waals surface area (Å²) in [5.74, 6) is 0.958. The van der Waals surface area contributed by atoms with Gasteiger partial charge in [0.1, 0.15) is 11.6 Å². The number of benzene rings is 2. The Hall–Kier alpha value is -2.04. The second-order valence-corrected chi connectivity index (χ2v) is 7.01. The van der Waals surface area contributed by atoms with Gasteiger partial charge in [0.05, 0.1) is 17.2 Å². The second-order valence-electron chi connectivity index (χ2n) is 6.20. The van der Waals surface area contributed by atoms with Crippen molar-refractivity contribution in [2.45, 2.75) is 19.3 Å². The van der Waals surface area contributed by atoms with Gasteiger partial charge < -0.3 is 9.30 Å². The van der Waals surface area contributed by atoms with Crippen molar-refractivity contribution in [3.05, 3.63) is 76.0 Å². The predicted octanol–water partition coefficient (Wildman–Crippen LogP) is 5.65. The lowest BCUT2D eigenvalue weighted by atomic mass is 9.83. The average Bonchev–Trinajstić information content (AvgIpc) is 3.05. The molecular weight excluding hydrogens is 362 g/mol. The van der Waals surface area contributed by atoms with E-state index in [0.29, 0.717) is 15.8 Å². The normalized spacial score (nSPS) is 11.6. The zero-order chi connectivity index (χ0) is 18.2. The topological polar surface area (TPSA) is 27.1 Å². The molecule has 0 fully saturated rings. The Morgan fingerprint density at radius 2 is 1.68 bits per heavy atom. The van der Waals surface area contributed by atoms with E-state index in [4.69, 9.17) is 27.9 Å². The highest BCUT2D eigenvalue weighted by molar-refractivity contribution is 6.37. The molecule has 0 aliphatic carbocycles. The van der Waals surface area contributed by atoms with E-state index in [-0.39, 0.29) is 5.82 Å². The van der Waals surface area contributed by atoms with Gasteiger partial charge in [-0.25, -0.2) is 9.37 Å². The summed E-state index contributed by atoms with van der Waals surface area (Å²) in [6, 6.07) is 9.93. The first-order valence-corrected chi connectivity index (χ1v) is 8.43. The molecule has 3 rings (SSSR count). The number of hydrogen-bond donors (Lipinski definition) is 0. The Morgan fingerprint density at radius 1 is 1.08 bits per heavy atom.